The minimum atomic E-state index is -3.37. The molecule has 2 aromatic heterocycles. The molecule has 4 heterocycles. The van der Waals surface area contributed by atoms with Crippen molar-refractivity contribution in [2.24, 2.45) is 0 Å². The van der Waals surface area contributed by atoms with Crippen molar-refractivity contribution in [3.05, 3.63) is 57.5 Å². The van der Waals surface area contributed by atoms with Crippen molar-refractivity contribution in [2.45, 2.75) is 51.6 Å². The molecule has 9 nitrogen and oxygen atoms in total. The zero-order chi connectivity index (χ0) is 22.0. The molecule has 2 aliphatic rings. The Bertz CT molecular complexity index is 1120. The molecule has 0 aromatic carbocycles. The highest BCUT2D eigenvalue weighted by Gasteiger charge is 2.33. The standard InChI is InChI=1S/C21H27N5O4S/c1-2-31(29,30)25-12-9-17-16(14-25)21(28)24-20(23-17)18-8-4-6-11-26(18)19(27)13-15-7-3-5-10-22-15/h3,5,7,10,18H,2,4,6,8-9,11-14H2,1H3,(H,23,24,28). The molecule has 0 saturated carbocycles. The maximum absolute atomic E-state index is 13.0. The molecule has 1 amide bonds. The highest BCUT2D eigenvalue weighted by molar-refractivity contribution is 7.89. The number of amides is 1. The lowest BCUT2D eigenvalue weighted by molar-refractivity contribution is -0.134. The summed E-state index contributed by atoms with van der Waals surface area (Å²) in [6.07, 6.45) is 4.84. The molecule has 1 atom stereocenters. The summed E-state index contributed by atoms with van der Waals surface area (Å²) in [5.41, 5.74) is 1.41. The summed E-state index contributed by atoms with van der Waals surface area (Å²) in [6, 6.07) is 5.20. The molecule has 1 unspecified atom stereocenters. The number of carbonyl (C=O) groups is 1. The van der Waals surface area contributed by atoms with Crippen LogP contribution in [0.4, 0.5) is 0 Å². The molecule has 1 N–H and O–H groups in total. The number of hydrogen-bond donors (Lipinski definition) is 1. The number of sulfonamides is 1. The van der Waals surface area contributed by atoms with Crippen LogP contribution in [-0.4, -0.2) is 57.3 Å². The number of nitrogens with zero attached hydrogens (tertiary/aromatic N) is 4. The number of pyridine rings is 1. The molecule has 1 fully saturated rings. The molecule has 4 rings (SSSR count). The third-order valence-electron chi connectivity index (χ3n) is 6.01. The Hall–Kier alpha value is -2.59. The van der Waals surface area contributed by atoms with Crippen LogP contribution in [0.2, 0.25) is 0 Å². The maximum atomic E-state index is 13.0. The van der Waals surface area contributed by atoms with E-state index in [0.29, 0.717) is 42.3 Å². The molecule has 1 saturated heterocycles. The van der Waals surface area contributed by atoms with Crippen LogP contribution in [0.25, 0.3) is 0 Å². The van der Waals surface area contributed by atoms with Gasteiger partial charge in [-0.15, -0.1) is 0 Å². The second-order valence-electron chi connectivity index (χ2n) is 7.96. The van der Waals surface area contributed by atoms with Gasteiger partial charge in [0.25, 0.3) is 5.56 Å². The van der Waals surface area contributed by atoms with Gasteiger partial charge in [-0.1, -0.05) is 6.07 Å². The van der Waals surface area contributed by atoms with Gasteiger partial charge in [-0.3, -0.25) is 14.6 Å². The van der Waals surface area contributed by atoms with Crippen molar-refractivity contribution < 1.29 is 13.2 Å². The molecule has 166 valence electrons. The number of carbonyl (C=O) groups excluding carboxylic acids is 1. The van der Waals surface area contributed by atoms with Crippen molar-refractivity contribution in [2.75, 3.05) is 18.8 Å². The lowest BCUT2D eigenvalue weighted by Crippen LogP contribution is -2.43. The SMILES string of the molecule is CCS(=O)(=O)N1CCc2nc(C3CCCCN3C(=O)Cc3ccccn3)[nH]c(=O)c2C1. The smallest absolute Gasteiger partial charge is 0.255 e. The largest absolute Gasteiger partial charge is 0.332 e. The van der Waals surface area contributed by atoms with Gasteiger partial charge in [0.1, 0.15) is 5.82 Å². The second-order valence-corrected chi connectivity index (χ2v) is 10.2. The zero-order valence-electron chi connectivity index (χ0n) is 17.6. The predicted octanol–water partition coefficient (Wildman–Crippen LogP) is 1.17. The van der Waals surface area contributed by atoms with Crippen molar-refractivity contribution in [3.63, 3.8) is 0 Å². The van der Waals surface area contributed by atoms with Crippen LogP contribution >= 0.6 is 0 Å². The van der Waals surface area contributed by atoms with Crippen LogP contribution < -0.4 is 5.56 Å². The monoisotopic (exact) mass is 445 g/mol. The van der Waals surface area contributed by atoms with E-state index in [-0.39, 0.29) is 36.2 Å². The summed E-state index contributed by atoms with van der Waals surface area (Å²) in [5, 5.41) is 0. The molecule has 10 heteroatoms. The molecule has 2 aliphatic heterocycles. The van der Waals surface area contributed by atoms with Crippen molar-refractivity contribution in [3.8, 4) is 0 Å². The first-order valence-electron chi connectivity index (χ1n) is 10.7. The summed E-state index contributed by atoms with van der Waals surface area (Å²) in [6.45, 7) is 2.56. The minimum absolute atomic E-state index is 0.00116. The highest BCUT2D eigenvalue weighted by atomic mass is 32.2. The van der Waals surface area contributed by atoms with Gasteiger partial charge in [0.05, 0.1) is 29.5 Å². The van der Waals surface area contributed by atoms with Gasteiger partial charge in [-0.05, 0) is 38.3 Å². The van der Waals surface area contributed by atoms with E-state index in [1.54, 1.807) is 18.0 Å². The van der Waals surface area contributed by atoms with Gasteiger partial charge in [0.2, 0.25) is 15.9 Å². The Morgan fingerprint density at radius 1 is 1.26 bits per heavy atom. The summed E-state index contributed by atoms with van der Waals surface area (Å²) in [5.74, 6) is 0.454. The van der Waals surface area contributed by atoms with Gasteiger partial charge in [0.15, 0.2) is 0 Å². The number of nitrogens with one attached hydrogen (secondary N) is 1. The minimum Gasteiger partial charge on any atom is -0.332 e. The van der Waals surface area contributed by atoms with E-state index in [2.05, 4.69) is 9.97 Å². The summed E-state index contributed by atoms with van der Waals surface area (Å²) in [4.78, 5) is 39.4. The van der Waals surface area contributed by atoms with Crippen molar-refractivity contribution in [1.82, 2.24) is 24.2 Å². The summed E-state index contributed by atoms with van der Waals surface area (Å²) >= 11 is 0. The molecular formula is C21H27N5O4S. The van der Waals surface area contributed by atoms with Gasteiger partial charge in [-0.2, -0.15) is 4.31 Å². The number of likely N-dealkylation sites (tertiary alicyclic amines) is 1. The van der Waals surface area contributed by atoms with E-state index in [1.165, 1.54) is 4.31 Å². The Labute approximate surface area is 181 Å². The molecule has 0 aliphatic carbocycles. The fourth-order valence-corrected chi connectivity index (χ4v) is 5.33. The molecule has 0 spiro atoms. The van der Waals surface area contributed by atoms with Gasteiger partial charge in [-0.25, -0.2) is 13.4 Å². The number of aromatic nitrogens is 3. The molecule has 0 radical (unpaired) electrons. The van der Waals surface area contributed by atoms with Crippen LogP contribution in [0.5, 0.6) is 0 Å². The van der Waals surface area contributed by atoms with Gasteiger partial charge >= 0.3 is 0 Å². The van der Waals surface area contributed by atoms with Gasteiger partial charge < -0.3 is 9.88 Å². The Morgan fingerprint density at radius 2 is 2.10 bits per heavy atom. The van der Waals surface area contributed by atoms with E-state index >= 15 is 0 Å². The van der Waals surface area contributed by atoms with Crippen LogP contribution in [0.3, 0.4) is 0 Å². The van der Waals surface area contributed by atoms with Crippen LogP contribution in [-0.2, 0) is 34.2 Å². The van der Waals surface area contributed by atoms with E-state index in [1.807, 2.05) is 18.2 Å². The van der Waals surface area contributed by atoms with Crippen molar-refractivity contribution in [1.29, 1.82) is 0 Å². The lowest BCUT2D eigenvalue weighted by atomic mass is 9.99. The predicted molar refractivity (Wildman–Crippen MR) is 115 cm³/mol. The fourth-order valence-electron chi connectivity index (χ4n) is 4.27. The normalized spacial score (nSPS) is 19.8. The third-order valence-corrected chi connectivity index (χ3v) is 7.84. The zero-order valence-corrected chi connectivity index (χ0v) is 18.4. The van der Waals surface area contributed by atoms with Gasteiger partial charge in [0, 0.05) is 37.9 Å². The molecule has 2 aromatic rings. The number of rotatable bonds is 5. The van der Waals surface area contributed by atoms with E-state index in [4.69, 9.17) is 4.98 Å². The number of aromatic amines is 1. The first kappa shape index (κ1) is 21.6. The lowest BCUT2D eigenvalue weighted by Gasteiger charge is -2.35. The number of fused-ring (bicyclic) bond motifs is 1. The Balaban J connectivity index is 1.59. The quantitative estimate of drug-likeness (QED) is 0.738. The van der Waals surface area contributed by atoms with Crippen LogP contribution in [0.15, 0.2) is 29.2 Å². The fraction of sp³-hybridized carbons (Fsp3) is 0.524. The average molecular weight is 446 g/mol. The third kappa shape index (κ3) is 4.54. The average Bonchev–Trinajstić information content (AvgIpc) is 2.79. The first-order chi connectivity index (χ1) is 14.9. The first-order valence-corrected chi connectivity index (χ1v) is 12.3. The Morgan fingerprint density at radius 3 is 2.84 bits per heavy atom. The van der Waals surface area contributed by atoms with Crippen LogP contribution in [0.1, 0.15) is 55.0 Å². The number of piperidine rings is 1. The molecular weight excluding hydrogens is 418 g/mol. The highest BCUT2D eigenvalue weighted by Crippen LogP contribution is 2.30. The van der Waals surface area contributed by atoms with Crippen LogP contribution in [0, 0.1) is 0 Å². The summed E-state index contributed by atoms with van der Waals surface area (Å²) in [7, 11) is -3.37. The Kier molecular flexibility index (Phi) is 6.19. The molecule has 31 heavy (non-hydrogen) atoms. The molecule has 0 bridgehead atoms. The summed E-state index contributed by atoms with van der Waals surface area (Å²) < 4.78 is 25.7. The number of H-pyrrole nitrogens is 1. The van der Waals surface area contributed by atoms with E-state index < -0.39 is 10.0 Å². The van der Waals surface area contributed by atoms with E-state index in [9.17, 15) is 18.0 Å². The number of hydrogen-bond acceptors (Lipinski definition) is 6. The van der Waals surface area contributed by atoms with E-state index in [0.717, 1.165) is 19.3 Å². The maximum Gasteiger partial charge on any atom is 0.255 e. The topological polar surface area (TPSA) is 116 Å². The van der Waals surface area contributed by atoms with Crippen molar-refractivity contribution >= 4 is 15.9 Å². The second kappa shape index (κ2) is 8.88.